The summed E-state index contributed by atoms with van der Waals surface area (Å²) in [5, 5.41) is 15.5. The summed E-state index contributed by atoms with van der Waals surface area (Å²) in [5.74, 6) is 0.434. The highest BCUT2D eigenvalue weighted by Gasteiger charge is 2.38. The van der Waals surface area contributed by atoms with E-state index in [1.54, 1.807) is 0 Å². The highest BCUT2D eigenvalue weighted by atomic mass is 16.5. The molecule has 5 nitrogen and oxygen atoms in total. The Morgan fingerprint density at radius 2 is 2.09 bits per heavy atom. The van der Waals surface area contributed by atoms with Crippen molar-refractivity contribution in [3.63, 3.8) is 0 Å². The molecule has 3 rings (SSSR count). The van der Waals surface area contributed by atoms with Crippen LogP contribution < -0.4 is 10.6 Å². The first-order chi connectivity index (χ1) is 10.8. The van der Waals surface area contributed by atoms with Gasteiger partial charge in [0.15, 0.2) is 0 Å². The van der Waals surface area contributed by atoms with Gasteiger partial charge >= 0.3 is 6.03 Å². The lowest BCUT2D eigenvalue weighted by Gasteiger charge is -2.33. The summed E-state index contributed by atoms with van der Waals surface area (Å²) in [4.78, 5) is 12.3. The first-order valence-corrected chi connectivity index (χ1v) is 8.12. The molecule has 2 amide bonds. The van der Waals surface area contributed by atoms with E-state index in [1.165, 1.54) is 0 Å². The second-order valence-corrected chi connectivity index (χ2v) is 6.16. The lowest BCUT2D eigenvalue weighted by atomic mass is 9.82. The Bertz CT molecular complexity index is 494. The van der Waals surface area contributed by atoms with E-state index in [9.17, 15) is 9.90 Å². The quantitative estimate of drug-likeness (QED) is 0.796. The SMILES string of the molecule is O=C(NC(CO)c1ccccc1)NC1CCCC2OCCC12. The van der Waals surface area contributed by atoms with Crippen molar-refractivity contribution in [2.24, 2.45) is 5.92 Å². The molecule has 1 heterocycles. The second-order valence-electron chi connectivity index (χ2n) is 6.16. The third kappa shape index (κ3) is 3.42. The number of hydrogen-bond donors (Lipinski definition) is 3. The Hall–Kier alpha value is -1.59. The Morgan fingerprint density at radius 3 is 2.86 bits per heavy atom. The zero-order chi connectivity index (χ0) is 15.4. The first kappa shape index (κ1) is 15.3. The molecule has 1 aromatic rings. The van der Waals surface area contributed by atoms with Crippen molar-refractivity contribution in [1.29, 1.82) is 0 Å². The Balaban J connectivity index is 1.57. The van der Waals surface area contributed by atoms with Crippen molar-refractivity contribution in [3.05, 3.63) is 35.9 Å². The van der Waals surface area contributed by atoms with Crippen molar-refractivity contribution in [1.82, 2.24) is 10.6 Å². The molecule has 1 aromatic carbocycles. The van der Waals surface area contributed by atoms with E-state index in [0.717, 1.165) is 37.9 Å². The van der Waals surface area contributed by atoms with Gasteiger partial charge in [-0.3, -0.25) is 0 Å². The van der Waals surface area contributed by atoms with Crippen molar-refractivity contribution >= 4 is 6.03 Å². The molecule has 5 heteroatoms. The summed E-state index contributed by atoms with van der Waals surface area (Å²) in [7, 11) is 0. The van der Waals surface area contributed by atoms with Crippen LogP contribution in [0, 0.1) is 5.92 Å². The van der Waals surface area contributed by atoms with E-state index < -0.39 is 0 Å². The van der Waals surface area contributed by atoms with Crippen LogP contribution in [0.1, 0.15) is 37.3 Å². The first-order valence-electron chi connectivity index (χ1n) is 8.12. The zero-order valence-electron chi connectivity index (χ0n) is 12.7. The predicted molar refractivity (Wildman–Crippen MR) is 83.4 cm³/mol. The van der Waals surface area contributed by atoms with Crippen LogP contribution in [0.5, 0.6) is 0 Å². The van der Waals surface area contributed by atoms with Crippen LogP contribution in [-0.2, 0) is 4.74 Å². The second kappa shape index (κ2) is 7.11. The molecule has 0 spiro atoms. The van der Waals surface area contributed by atoms with Gasteiger partial charge < -0.3 is 20.5 Å². The van der Waals surface area contributed by atoms with E-state index in [1.807, 2.05) is 30.3 Å². The number of amides is 2. The highest BCUT2D eigenvalue weighted by Crippen LogP contribution is 2.34. The van der Waals surface area contributed by atoms with E-state index in [2.05, 4.69) is 10.6 Å². The van der Waals surface area contributed by atoms with Gasteiger partial charge in [0, 0.05) is 18.6 Å². The Morgan fingerprint density at radius 1 is 1.27 bits per heavy atom. The standard InChI is InChI=1S/C17H24N2O3/c20-11-15(12-5-2-1-3-6-12)19-17(21)18-14-7-4-8-16-13(14)9-10-22-16/h1-3,5-6,13-16,20H,4,7-11H2,(H2,18,19,21). The maximum atomic E-state index is 12.3. The summed E-state index contributed by atoms with van der Waals surface area (Å²) < 4.78 is 5.73. The monoisotopic (exact) mass is 304 g/mol. The molecular formula is C17H24N2O3. The lowest BCUT2D eigenvalue weighted by Crippen LogP contribution is -2.50. The molecule has 2 aliphatic rings. The number of aliphatic hydroxyl groups is 1. The average Bonchev–Trinajstić information content (AvgIpc) is 3.03. The zero-order valence-corrected chi connectivity index (χ0v) is 12.7. The molecule has 3 N–H and O–H groups in total. The molecule has 22 heavy (non-hydrogen) atoms. The Kier molecular flexibility index (Phi) is 4.95. The number of aliphatic hydroxyl groups excluding tert-OH is 1. The summed E-state index contributed by atoms with van der Waals surface area (Å²) >= 11 is 0. The molecule has 0 radical (unpaired) electrons. The summed E-state index contributed by atoms with van der Waals surface area (Å²) in [5.41, 5.74) is 0.908. The molecule has 1 aliphatic carbocycles. The van der Waals surface area contributed by atoms with Crippen molar-refractivity contribution in [2.75, 3.05) is 13.2 Å². The van der Waals surface area contributed by atoms with E-state index in [-0.39, 0.29) is 24.7 Å². The van der Waals surface area contributed by atoms with Crippen LogP contribution in [0.4, 0.5) is 4.79 Å². The molecule has 0 aromatic heterocycles. The number of carbonyl (C=O) groups excluding carboxylic acids is 1. The minimum Gasteiger partial charge on any atom is -0.394 e. The number of benzene rings is 1. The van der Waals surface area contributed by atoms with Gasteiger partial charge in [0.1, 0.15) is 0 Å². The molecule has 2 fully saturated rings. The summed E-state index contributed by atoms with van der Waals surface area (Å²) in [6, 6.07) is 9.13. The number of fused-ring (bicyclic) bond motifs is 1. The van der Waals surface area contributed by atoms with Crippen LogP contribution in [0.15, 0.2) is 30.3 Å². The molecular weight excluding hydrogens is 280 g/mol. The van der Waals surface area contributed by atoms with Gasteiger partial charge in [0.25, 0.3) is 0 Å². The molecule has 1 aliphatic heterocycles. The normalized spacial score (nSPS) is 28.7. The van der Waals surface area contributed by atoms with Crippen molar-refractivity contribution in [3.8, 4) is 0 Å². The number of ether oxygens (including phenoxy) is 1. The number of carbonyl (C=O) groups is 1. The Labute approximate surface area is 131 Å². The molecule has 1 saturated carbocycles. The molecule has 1 saturated heterocycles. The highest BCUT2D eigenvalue weighted by molar-refractivity contribution is 5.74. The lowest BCUT2D eigenvalue weighted by molar-refractivity contribution is 0.0548. The van der Waals surface area contributed by atoms with Crippen LogP contribution >= 0.6 is 0 Å². The molecule has 120 valence electrons. The van der Waals surface area contributed by atoms with Gasteiger partial charge in [0.05, 0.1) is 18.8 Å². The largest absolute Gasteiger partial charge is 0.394 e. The minimum absolute atomic E-state index is 0.114. The van der Waals surface area contributed by atoms with Crippen LogP contribution in [-0.4, -0.2) is 36.5 Å². The maximum Gasteiger partial charge on any atom is 0.315 e. The topological polar surface area (TPSA) is 70.6 Å². The van der Waals surface area contributed by atoms with Crippen molar-refractivity contribution < 1.29 is 14.6 Å². The van der Waals surface area contributed by atoms with Crippen molar-refractivity contribution in [2.45, 2.75) is 43.9 Å². The van der Waals surface area contributed by atoms with E-state index >= 15 is 0 Å². The van der Waals surface area contributed by atoms with Crippen LogP contribution in [0.2, 0.25) is 0 Å². The maximum absolute atomic E-state index is 12.3. The number of rotatable bonds is 4. The average molecular weight is 304 g/mol. The van der Waals surface area contributed by atoms with Gasteiger partial charge in [0.2, 0.25) is 0 Å². The number of nitrogens with one attached hydrogen (secondary N) is 2. The van der Waals surface area contributed by atoms with Crippen LogP contribution in [0.25, 0.3) is 0 Å². The predicted octanol–water partition coefficient (Wildman–Crippen LogP) is 1.98. The van der Waals surface area contributed by atoms with E-state index in [4.69, 9.17) is 4.74 Å². The number of hydrogen-bond acceptors (Lipinski definition) is 3. The fraction of sp³-hybridized carbons (Fsp3) is 0.588. The van der Waals surface area contributed by atoms with Crippen LogP contribution in [0.3, 0.4) is 0 Å². The van der Waals surface area contributed by atoms with E-state index in [0.29, 0.717) is 12.0 Å². The van der Waals surface area contributed by atoms with Gasteiger partial charge in [-0.25, -0.2) is 4.79 Å². The molecule has 4 unspecified atom stereocenters. The third-order valence-electron chi connectivity index (χ3n) is 4.79. The number of urea groups is 1. The van der Waals surface area contributed by atoms with Gasteiger partial charge in [-0.05, 0) is 31.2 Å². The van der Waals surface area contributed by atoms with Gasteiger partial charge in [-0.2, -0.15) is 0 Å². The van der Waals surface area contributed by atoms with Gasteiger partial charge in [-0.1, -0.05) is 30.3 Å². The third-order valence-corrected chi connectivity index (χ3v) is 4.79. The fourth-order valence-corrected chi connectivity index (χ4v) is 3.64. The summed E-state index contributed by atoms with van der Waals surface area (Å²) in [6.45, 7) is 0.690. The van der Waals surface area contributed by atoms with Gasteiger partial charge in [-0.15, -0.1) is 0 Å². The molecule has 4 atom stereocenters. The molecule has 0 bridgehead atoms. The summed E-state index contributed by atoms with van der Waals surface area (Å²) in [6.07, 6.45) is 4.54. The fourth-order valence-electron chi connectivity index (χ4n) is 3.64. The smallest absolute Gasteiger partial charge is 0.315 e. The minimum atomic E-state index is -0.375.